The van der Waals surface area contributed by atoms with Crippen molar-refractivity contribution in [2.75, 3.05) is 0 Å². The third-order valence-corrected chi connectivity index (χ3v) is 3.36. The van der Waals surface area contributed by atoms with E-state index in [1.165, 1.54) is 16.7 Å². The largest absolute Gasteiger partial charge is 0.339 e. The van der Waals surface area contributed by atoms with Crippen LogP contribution in [0.5, 0.6) is 0 Å². The number of aromatic nitrogens is 2. The predicted molar refractivity (Wildman–Crippen MR) is 84.2 cm³/mol. The second-order valence-corrected chi connectivity index (χ2v) is 6.37. The van der Waals surface area contributed by atoms with Crippen molar-refractivity contribution in [1.82, 2.24) is 10.1 Å². The molecule has 1 atom stereocenters. The Morgan fingerprint density at radius 1 is 1.14 bits per heavy atom. The van der Waals surface area contributed by atoms with Gasteiger partial charge in [-0.25, -0.2) is 0 Å². The van der Waals surface area contributed by atoms with Crippen LogP contribution in [0.1, 0.15) is 48.7 Å². The number of hydrogen-bond donors (Lipinski definition) is 1. The number of hydrogen-bond acceptors (Lipinski definition) is 4. The van der Waals surface area contributed by atoms with Gasteiger partial charge < -0.3 is 10.3 Å². The van der Waals surface area contributed by atoms with Crippen LogP contribution < -0.4 is 5.73 Å². The quantitative estimate of drug-likeness (QED) is 0.886. The Morgan fingerprint density at radius 2 is 1.81 bits per heavy atom. The molecular weight excluding hydrogens is 262 g/mol. The SMILES string of the molecule is Cc1cc(C)cc(Cc2noc(CC(N)CC(C)C)n2)c1. The van der Waals surface area contributed by atoms with Gasteiger partial charge in [0, 0.05) is 18.9 Å². The molecule has 0 fully saturated rings. The van der Waals surface area contributed by atoms with Crippen LogP contribution in [0.15, 0.2) is 22.7 Å². The van der Waals surface area contributed by atoms with Crippen molar-refractivity contribution in [1.29, 1.82) is 0 Å². The number of nitrogens with zero attached hydrogens (tertiary/aromatic N) is 2. The molecule has 114 valence electrons. The van der Waals surface area contributed by atoms with Gasteiger partial charge in [-0.2, -0.15) is 4.98 Å². The molecule has 0 aliphatic rings. The van der Waals surface area contributed by atoms with Gasteiger partial charge in [-0.15, -0.1) is 0 Å². The molecule has 0 aliphatic heterocycles. The van der Waals surface area contributed by atoms with E-state index in [-0.39, 0.29) is 6.04 Å². The lowest BCUT2D eigenvalue weighted by Crippen LogP contribution is -2.24. The molecule has 0 radical (unpaired) electrons. The maximum absolute atomic E-state index is 6.08. The smallest absolute Gasteiger partial charge is 0.228 e. The fourth-order valence-corrected chi connectivity index (χ4v) is 2.71. The van der Waals surface area contributed by atoms with E-state index in [2.05, 4.69) is 56.0 Å². The minimum absolute atomic E-state index is 0.0829. The maximum atomic E-state index is 6.08. The van der Waals surface area contributed by atoms with Crippen LogP contribution >= 0.6 is 0 Å². The molecule has 4 heteroatoms. The van der Waals surface area contributed by atoms with Gasteiger partial charge in [0.2, 0.25) is 5.89 Å². The molecular formula is C17H25N3O. The van der Waals surface area contributed by atoms with E-state index in [4.69, 9.17) is 10.3 Å². The van der Waals surface area contributed by atoms with E-state index in [0.29, 0.717) is 24.7 Å². The van der Waals surface area contributed by atoms with Gasteiger partial charge in [0.25, 0.3) is 0 Å². The molecule has 2 rings (SSSR count). The molecule has 0 aliphatic carbocycles. The summed E-state index contributed by atoms with van der Waals surface area (Å²) >= 11 is 0. The van der Waals surface area contributed by atoms with E-state index in [9.17, 15) is 0 Å². The highest BCUT2D eigenvalue weighted by atomic mass is 16.5. The second-order valence-electron chi connectivity index (χ2n) is 6.37. The lowest BCUT2D eigenvalue weighted by molar-refractivity contribution is 0.355. The van der Waals surface area contributed by atoms with Crippen molar-refractivity contribution >= 4 is 0 Å². The molecule has 2 N–H and O–H groups in total. The minimum Gasteiger partial charge on any atom is -0.339 e. The molecule has 1 aromatic heterocycles. The van der Waals surface area contributed by atoms with Crippen molar-refractivity contribution in [3.63, 3.8) is 0 Å². The summed E-state index contributed by atoms with van der Waals surface area (Å²) in [5.74, 6) is 1.95. The van der Waals surface area contributed by atoms with Crippen LogP contribution in [0.3, 0.4) is 0 Å². The van der Waals surface area contributed by atoms with Crippen molar-refractivity contribution in [3.05, 3.63) is 46.6 Å². The van der Waals surface area contributed by atoms with Crippen molar-refractivity contribution in [2.24, 2.45) is 11.7 Å². The predicted octanol–water partition coefficient (Wildman–Crippen LogP) is 3.19. The first-order valence-electron chi connectivity index (χ1n) is 7.56. The van der Waals surface area contributed by atoms with Gasteiger partial charge in [0.15, 0.2) is 5.82 Å². The Kier molecular flexibility index (Phi) is 5.12. The zero-order chi connectivity index (χ0) is 15.4. The van der Waals surface area contributed by atoms with Crippen LogP contribution in [0.25, 0.3) is 0 Å². The summed E-state index contributed by atoms with van der Waals surface area (Å²) in [6.07, 6.45) is 2.32. The molecule has 0 saturated heterocycles. The maximum Gasteiger partial charge on any atom is 0.228 e. The summed E-state index contributed by atoms with van der Waals surface area (Å²) < 4.78 is 5.31. The highest BCUT2D eigenvalue weighted by Crippen LogP contribution is 2.13. The third-order valence-electron chi connectivity index (χ3n) is 3.36. The van der Waals surface area contributed by atoms with E-state index in [1.54, 1.807) is 0 Å². The summed E-state index contributed by atoms with van der Waals surface area (Å²) in [6.45, 7) is 8.53. The highest BCUT2D eigenvalue weighted by molar-refractivity contribution is 5.30. The van der Waals surface area contributed by atoms with Crippen LogP contribution in [-0.2, 0) is 12.8 Å². The lowest BCUT2D eigenvalue weighted by Gasteiger charge is -2.10. The van der Waals surface area contributed by atoms with Crippen molar-refractivity contribution in [2.45, 2.75) is 53.0 Å². The highest BCUT2D eigenvalue weighted by Gasteiger charge is 2.13. The zero-order valence-electron chi connectivity index (χ0n) is 13.4. The van der Waals surface area contributed by atoms with Crippen LogP contribution in [-0.4, -0.2) is 16.2 Å². The average Bonchev–Trinajstić information content (AvgIpc) is 2.73. The zero-order valence-corrected chi connectivity index (χ0v) is 13.4. The fraction of sp³-hybridized carbons (Fsp3) is 0.529. The number of rotatable bonds is 6. The second kappa shape index (κ2) is 6.85. The Balaban J connectivity index is 1.99. The molecule has 21 heavy (non-hydrogen) atoms. The standard InChI is InChI=1S/C17H25N3O/c1-11(2)5-15(18)10-17-19-16(20-21-17)9-14-7-12(3)6-13(4)8-14/h6-8,11,15H,5,9-10,18H2,1-4H3. The molecule has 1 aromatic carbocycles. The third kappa shape index (κ3) is 4.97. The van der Waals surface area contributed by atoms with Crippen LogP contribution in [0.2, 0.25) is 0 Å². The summed E-state index contributed by atoms with van der Waals surface area (Å²) in [5.41, 5.74) is 9.81. The Hall–Kier alpha value is -1.68. The van der Waals surface area contributed by atoms with E-state index in [0.717, 1.165) is 12.2 Å². The average molecular weight is 287 g/mol. The fourth-order valence-electron chi connectivity index (χ4n) is 2.71. The molecule has 4 nitrogen and oxygen atoms in total. The summed E-state index contributed by atoms with van der Waals surface area (Å²) in [5, 5.41) is 4.06. The molecule has 1 unspecified atom stereocenters. The lowest BCUT2D eigenvalue weighted by atomic mass is 10.0. The Labute approximate surface area is 126 Å². The molecule has 2 aromatic rings. The Bertz CT molecular complexity index is 569. The summed E-state index contributed by atoms with van der Waals surface area (Å²) in [6, 6.07) is 6.57. The van der Waals surface area contributed by atoms with Gasteiger partial charge in [-0.3, -0.25) is 0 Å². The first kappa shape index (κ1) is 15.7. The van der Waals surface area contributed by atoms with Gasteiger partial charge in [-0.1, -0.05) is 48.3 Å². The number of aryl methyl sites for hydroxylation is 2. The molecule has 0 spiro atoms. The molecule has 0 saturated carbocycles. The molecule has 0 amide bonds. The minimum atomic E-state index is 0.0829. The number of nitrogens with two attached hydrogens (primary N) is 1. The normalized spacial score (nSPS) is 12.9. The van der Waals surface area contributed by atoms with E-state index in [1.807, 2.05) is 0 Å². The van der Waals surface area contributed by atoms with E-state index >= 15 is 0 Å². The summed E-state index contributed by atoms with van der Waals surface area (Å²) in [7, 11) is 0. The Morgan fingerprint density at radius 3 is 2.43 bits per heavy atom. The van der Waals surface area contributed by atoms with Crippen LogP contribution in [0, 0.1) is 19.8 Å². The van der Waals surface area contributed by atoms with E-state index < -0.39 is 0 Å². The topological polar surface area (TPSA) is 64.9 Å². The monoisotopic (exact) mass is 287 g/mol. The van der Waals surface area contributed by atoms with Gasteiger partial charge in [0.1, 0.15) is 0 Å². The number of benzene rings is 1. The van der Waals surface area contributed by atoms with Gasteiger partial charge >= 0.3 is 0 Å². The van der Waals surface area contributed by atoms with Gasteiger partial charge in [0.05, 0.1) is 0 Å². The molecule has 1 heterocycles. The van der Waals surface area contributed by atoms with Crippen molar-refractivity contribution in [3.8, 4) is 0 Å². The first-order chi connectivity index (χ1) is 9.92. The van der Waals surface area contributed by atoms with Gasteiger partial charge in [-0.05, 0) is 31.7 Å². The van der Waals surface area contributed by atoms with Crippen LogP contribution in [0.4, 0.5) is 0 Å². The molecule has 0 bridgehead atoms. The first-order valence-corrected chi connectivity index (χ1v) is 7.56. The summed E-state index contributed by atoms with van der Waals surface area (Å²) in [4.78, 5) is 4.45. The van der Waals surface area contributed by atoms with Crippen molar-refractivity contribution < 1.29 is 4.52 Å².